The number of anilines is 2. The Hall–Kier alpha value is -3.57. The Balaban J connectivity index is 1.16. The van der Waals surface area contributed by atoms with Crippen molar-refractivity contribution in [2.24, 2.45) is 5.92 Å². The summed E-state index contributed by atoms with van der Waals surface area (Å²) in [7, 11) is 2.06. The first-order chi connectivity index (χ1) is 24.6. The molecule has 0 bridgehead atoms. The lowest BCUT2D eigenvalue weighted by Gasteiger charge is -2.42. The predicted molar refractivity (Wildman–Crippen MR) is 185 cm³/mol. The number of alkyl halides is 6. The molecule has 10 nitrogen and oxygen atoms in total. The number of piperazine rings is 1. The van der Waals surface area contributed by atoms with Crippen molar-refractivity contribution in [1.29, 1.82) is 0 Å². The van der Waals surface area contributed by atoms with E-state index in [0.29, 0.717) is 77.0 Å². The molecule has 0 radical (unpaired) electrons. The molecule has 4 aliphatic heterocycles. The van der Waals surface area contributed by atoms with Gasteiger partial charge in [0.15, 0.2) is 0 Å². The van der Waals surface area contributed by atoms with Gasteiger partial charge >= 0.3 is 18.4 Å². The van der Waals surface area contributed by atoms with Crippen LogP contribution in [0.4, 0.5) is 42.5 Å². The standard InChI is InChI=1S/C35H45F6N7O3S/c1-44-12-14-45(15-13-44)25-3-9-47(10-4-25)32(50)24(16-22-17-27(34(36,37)38)31(42)28(18-22)35(39,40)41)19-30(49)46-7-5-26(6-8-46)48-11-2-23-20-52-21-29(23)43-33(48)51/h17-18,20-21,24-26H,2-16,19,42H2,1H3,(H,43,51)/t24-/m0/s1. The van der Waals surface area contributed by atoms with Gasteiger partial charge in [0.2, 0.25) is 11.8 Å². The molecule has 52 heavy (non-hydrogen) atoms. The number of carbonyl (C=O) groups is 3. The number of piperidine rings is 2. The van der Waals surface area contributed by atoms with E-state index in [1.54, 1.807) is 14.7 Å². The first kappa shape index (κ1) is 38.2. The molecule has 0 unspecified atom stereocenters. The summed E-state index contributed by atoms with van der Waals surface area (Å²) in [6.07, 6.45) is -8.16. The van der Waals surface area contributed by atoms with E-state index in [9.17, 15) is 40.7 Å². The van der Waals surface area contributed by atoms with Crippen molar-refractivity contribution in [3.8, 4) is 0 Å². The number of likely N-dealkylation sites (N-methyl/N-ethyl adjacent to an activating group) is 1. The highest BCUT2D eigenvalue weighted by atomic mass is 32.1. The number of nitrogens with two attached hydrogens (primary N) is 1. The van der Waals surface area contributed by atoms with E-state index >= 15 is 0 Å². The number of fused-ring (bicyclic) bond motifs is 1. The SMILES string of the molecule is CN1CCN(C2CCN(C(=O)[C@H](CC(=O)N3CCC(N4CCc5cscc5NC4=O)CC3)Cc3cc(C(F)(F)F)c(N)c(C(F)(F)F)c3)CC2)CC1. The number of nitrogen functional groups attached to an aromatic ring is 1. The average Bonchev–Trinajstić information content (AvgIpc) is 3.47. The number of nitrogens with one attached hydrogen (secondary N) is 1. The van der Waals surface area contributed by atoms with Crippen LogP contribution in [0.3, 0.4) is 0 Å². The van der Waals surface area contributed by atoms with E-state index in [2.05, 4.69) is 22.2 Å². The largest absolute Gasteiger partial charge is 0.418 e. The zero-order valence-corrected chi connectivity index (χ0v) is 29.9. The summed E-state index contributed by atoms with van der Waals surface area (Å²) < 4.78 is 83.4. The Kier molecular flexibility index (Phi) is 11.3. The number of halogens is 6. The van der Waals surface area contributed by atoms with Crippen LogP contribution in [0, 0.1) is 5.92 Å². The number of amides is 4. The van der Waals surface area contributed by atoms with Crippen LogP contribution in [0.1, 0.15) is 54.4 Å². The smallest absolute Gasteiger partial charge is 0.398 e. The molecule has 3 N–H and O–H groups in total. The maximum atomic E-state index is 14.1. The molecule has 0 aliphatic carbocycles. The third-order valence-corrected chi connectivity index (χ3v) is 11.9. The van der Waals surface area contributed by atoms with Gasteiger partial charge < -0.3 is 30.7 Å². The van der Waals surface area contributed by atoms with Crippen molar-refractivity contribution in [3.05, 3.63) is 45.1 Å². The third kappa shape index (κ3) is 8.62. The van der Waals surface area contributed by atoms with Crippen LogP contribution in [-0.2, 0) is 34.8 Å². The molecule has 3 fully saturated rings. The number of urea groups is 1. The molecule has 4 aliphatic rings. The number of hydrogen-bond acceptors (Lipinski definition) is 7. The van der Waals surface area contributed by atoms with Gasteiger partial charge in [-0.05, 0) is 74.2 Å². The van der Waals surface area contributed by atoms with Crippen molar-refractivity contribution in [3.63, 3.8) is 0 Å². The molecule has 1 aromatic heterocycles. The molecular weight excluding hydrogens is 712 g/mol. The topological polar surface area (TPSA) is 105 Å². The van der Waals surface area contributed by atoms with Crippen molar-refractivity contribution >= 4 is 40.6 Å². The van der Waals surface area contributed by atoms with Gasteiger partial charge in [-0.15, -0.1) is 11.3 Å². The van der Waals surface area contributed by atoms with E-state index in [4.69, 9.17) is 5.73 Å². The number of hydrogen-bond donors (Lipinski definition) is 2. The van der Waals surface area contributed by atoms with Crippen LogP contribution in [-0.4, -0.2) is 120 Å². The quantitative estimate of drug-likeness (QED) is 0.296. The Bertz CT molecular complexity index is 1580. The van der Waals surface area contributed by atoms with Gasteiger partial charge in [0.05, 0.1) is 28.4 Å². The fourth-order valence-corrected chi connectivity index (χ4v) is 8.82. The molecule has 0 saturated carbocycles. The van der Waals surface area contributed by atoms with Crippen LogP contribution < -0.4 is 11.1 Å². The molecule has 17 heteroatoms. The monoisotopic (exact) mass is 757 g/mol. The van der Waals surface area contributed by atoms with Gasteiger partial charge in [-0.2, -0.15) is 26.3 Å². The minimum atomic E-state index is -5.17. The molecular formula is C35H45F6N7O3S. The van der Waals surface area contributed by atoms with Gasteiger partial charge in [0.25, 0.3) is 0 Å². The second-order valence-electron chi connectivity index (χ2n) is 14.4. The Labute approximate surface area is 302 Å². The first-order valence-corrected chi connectivity index (χ1v) is 18.7. The summed E-state index contributed by atoms with van der Waals surface area (Å²) in [6.45, 7) is 5.54. The lowest BCUT2D eigenvalue weighted by molar-refractivity contribution is -0.143. The molecule has 4 amide bonds. The van der Waals surface area contributed by atoms with Crippen molar-refractivity contribution in [2.75, 3.05) is 77.0 Å². The van der Waals surface area contributed by atoms with Gasteiger partial charge in [0.1, 0.15) is 0 Å². The highest BCUT2D eigenvalue weighted by Crippen LogP contribution is 2.42. The molecule has 6 rings (SSSR count). The van der Waals surface area contributed by atoms with Crippen LogP contribution in [0.2, 0.25) is 0 Å². The molecule has 1 atom stereocenters. The number of rotatable bonds is 7. The van der Waals surface area contributed by atoms with Crippen LogP contribution >= 0.6 is 11.3 Å². The first-order valence-electron chi connectivity index (χ1n) is 17.8. The van der Waals surface area contributed by atoms with E-state index < -0.39 is 53.3 Å². The summed E-state index contributed by atoms with van der Waals surface area (Å²) >= 11 is 1.52. The summed E-state index contributed by atoms with van der Waals surface area (Å²) in [5, 5.41) is 6.85. The maximum absolute atomic E-state index is 14.1. The number of likely N-dealkylation sites (tertiary alicyclic amines) is 2. The third-order valence-electron chi connectivity index (χ3n) is 11.1. The van der Waals surface area contributed by atoms with Gasteiger partial charge in [-0.1, -0.05) is 0 Å². The van der Waals surface area contributed by atoms with Crippen molar-refractivity contribution in [1.82, 2.24) is 24.5 Å². The molecule has 3 saturated heterocycles. The number of benzene rings is 1. The summed E-state index contributed by atoms with van der Waals surface area (Å²) in [5.41, 5.74) is 2.20. The average molecular weight is 758 g/mol. The summed E-state index contributed by atoms with van der Waals surface area (Å²) in [4.78, 5) is 50.4. The van der Waals surface area contributed by atoms with Crippen molar-refractivity contribution in [2.45, 2.75) is 69.4 Å². The fourth-order valence-electron chi connectivity index (χ4n) is 8.00. The number of nitrogens with zero attached hydrogens (tertiary/aromatic N) is 5. The fraction of sp³-hybridized carbons (Fsp3) is 0.629. The zero-order chi connectivity index (χ0) is 37.4. The van der Waals surface area contributed by atoms with E-state index in [-0.39, 0.29) is 30.1 Å². The molecule has 1 aromatic carbocycles. The minimum absolute atomic E-state index is 0.118. The van der Waals surface area contributed by atoms with E-state index in [1.165, 1.54) is 11.3 Å². The van der Waals surface area contributed by atoms with Gasteiger partial charge in [-0.25, -0.2) is 4.79 Å². The van der Waals surface area contributed by atoms with Crippen LogP contribution in [0.15, 0.2) is 22.9 Å². The highest BCUT2D eigenvalue weighted by Gasteiger charge is 2.42. The maximum Gasteiger partial charge on any atom is 0.418 e. The summed E-state index contributed by atoms with van der Waals surface area (Å²) in [5.74, 6) is -2.06. The molecule has 5 heterocycles. The Morgan fingerprint density at radius 2 is 1.42 bits per heavy atom. The normalized spacial score (nSPS) is 21.1. The van der Waals surface area contributed by atoms with Crippen molar-refractivity contribution < 1.29 is 40.7 Å². The molecule has 2 aromatic rings. The van der Waals surface area contributed by atoms with E-state index in [0.717, 1.165) is 37.4 Å². The van der Waals surface area contributed by atoms with E-state index in [1.807, 2.05) is 10.8 Å². The van der Waals surface area contributed by atoms with Crippen LogP contribution in [0.25, 0.3) is 0 Å². The van der Waals surface area contributed by atoms with Crippen LogP contribution in [0.5, 0.6) is 0 Å². The zero-order valence-electron chi connectivity index (χ0n) is 29.1. The lowest BCUT2D eigenvalue weighted by atomic mass is 9.90. The Morgan fingerprint density at radius 1 is 0.846 bits per heavy atom. The lowest BCUT2D eigenvalue weighted by Crippen LogP contribution is -2.53. The predicted octanol–water partition coefficient (Wildman–Crippen LogP) is 5.24. The van der Waals surface area contributed by atoms with Gasteiger partial charge in [0, 0.05) is 82.8 Å². The highest BCUT2D eigenvalue weighted by molar-refractivity contribution is 7.08. The van der Waals surface area contributed by atoms with Gasteiger partial charge in [-0.3, -0.25) is 14.5 Å². The second kappa shape index (κ2) is 15.4. The number of carbonyl (C=O) groups excluding carboxylic acids is 3. The minimum Gasteiger partial charge on any atom is -0.398 e. The molecule has 0 spiro atoms. The number of thiophene rings is 1. The summed E-state index contributed by atoms with van der Waals surface area (Å²) in [6, 6.07) is 1.06. The Morgan fingerprint density at radius 3 is 2.02 bits per heavy atom. The molecule has 286 valence electrons. The second-order valence-corrected chi connectivity index (χ2v) is 15.1.